The molecule has 1 unspecified atom stereocenters. The number of sulfonamides is 1. The Morgan fingerprint density at radius 2 is 1.83 bits per heavy atom. The summed E-state index contributed by atoms with van der Waals surface area (Å²) in [5, 5.41) is 5.66. The molecule has 0 aliphatic rings. The van der Waals surface area contributed by atoms with Gasteiger partial charge in [0.2, 0.25) is 15.9 Å². The van der Waals surface area contributed by atoms with E-state index in [0.29, 0.717) is 11.1 Å². The normalized spacial score (nSPS) is 13.7. The topological polar surface area (TPSA) is 114 Å². The Morgan fingerprint density at radius 1 is 1.12 bits per heavy atom. The van der Waals surface area contributed by atoms with Crippen molar-refractivity contribution in [1.82, 2.24) is 14.9 Å². The summed E-state index contributed by atoms with van der Waals surface area (Å²) in [6.07, 6.45) is 0. The smallest absolute Gasteiger partial charge is 0.391 e. The van der Waals surface area contributed by atoms with E-state index in [1.165, 1.54) is 13.0 Å². The van der Waals surface area contributed by atoms with Gasteiger partial charge in [-0.15, -0.1) is 5.10 Å². The molecule has 2 atom stereocenters. The molecule has 0 radical (unpaired) electrons. The minimum Gasteiger partial charge on any atom is -0.391 e. The van der Waals surface area contributed by atoms with Gasteiger partial charge < -0.3 is 9.15 Å². The molecule has 2 N–H and O–H groups in total. The summed E-state index contributed by atoms with van der Waals surface area (Å²) in [7, 11) is -4.78. The minimum absolute atomic E-state index is 0.123. The second-order valence-corrected chi connectivity index (χ2v) is 11.7. The van der Waals surface area contributed by atoms with Gasteiger partial charge in [-0.1, -0.05) is 54.9 Å². The number of halogens is 4. The summed E-state index contributed by atoms with van der Waals surface area (Å²) in [5.74, 6) is -6.77. The highest BCUT2D eigenvalue weighted by molar-refractivity contribution is 7.89. The third-order valence-electron chi connectivity index (χ3n) is 6.71. The number of nitrogens with zero attached hydrogens (tertiary/aromatic N) is 1. The van der Waals surface area contributed by atoms with E-state index in [1.807, 2.05) is 5.10 Å². The lowest BCUT2D eigenvalue weighted by molar-refractivity contribution is -0.0891. The second-order valence-electron chi connectivity index (χ2n) is 9.57. The number of hydrogen-bond donors (Lipinski definition) is 2. The van der Waals surface area contributed by atoms with Crippen LogP contribution in [0.2, 0.25) is 5.02 Å². The van der Waals surface area contributed by atoms with E-state index >= 15 is 8.78 Å². The number of aromatic amines is 1. The molecule has 8 nitrogen and oxygen atoms in total. The maximum Gasteiger partial charge on any atom is 0.434 e. The van der Waals surface area contributed by atoms with Gasteiger partial charge in [-0.3, -0.25) is 0 Å². The van der Waals surface area contributed by atoms with E-state index in [0.717, 1.165) is 23.8 Å². The van der Waals surface area contributed by atoms with Gasteiger partial charge in [0.05, 0.1) is 11.5 Å². The molecular weight excluding hydrogens is 583 g/mol. The van der Waals surface area contributed by atoms with Crippen LogP contribution in [0.15, 0.2) is 74.8 Å². The summed E-state index contributed by atoms with van der Waals surface area (Å²) in [6, 6.07) is 12.9. The second kappa shape index (κ2) is 12.2. The summed E-state index contributed by atoms with van der Waals surface area (Å²) in [5.41, 5.74) is 1.15. The molecular formula is C28H27ClF3N3O5S. The lowest BCUT2D eigenvalue weighted by Crippen LogP contribution is -2.35. The van der Waals surface area contributed by atoms with Crippen molar-refractivity contribution >= 4 is 21.6 Å². The number of hydrogen-bond acceptors (Lipinski definition) is 6. The Labute approximate surface area is 239 Å². The van der Waals surface area contributed by atoms with Crippen LogP contribution in [0.1, 0.15) is 52.6 Å². The third-order valence-corrected chi connectivity index (χ3v) is 8.45. The quantitative estimate of drug-likeness (QED) is 0.219. The highest BCUT2D eigenvalue weighted by Gasteiger charge is 2.40. The molecule has 1 heterocycles. The first kappa shape index (κ1) is 30.5. The van der Waals surface area contributed by atoms with Crippen LogP contribution in [0.3, 0.4) is 0 Å². The lowest BCUT2D eigenvalue weighted by Gasteiger charge is -2.26. The first-order valence-corrected chi connectivity index (χ1v) is 14.3. The largest absolute Gasteiger partial charge is 0.434 e. The Kier molecular flexibility index (Phi) is 9.07. The van der Waals surface area contributed by atoms with Crippen molar-refractivity contribution in [1.29, 1.82) is 0 Å². The molecule has 13 heteroatoms. The van der Waals surface area contributed by atoms with Gasteiger partial charge in [0.1, 0.15) is 18.5 Å². The monoisotopic (exact) mass is 609 g/mol. The minimum atomic E-state index is -4.78. The fourth-order valence-corrected chi connectivity index (χ4v) is 6.16. The predicted molar refractivity (Wildman–Crippen MR) is 146 cm³/mol. The predicted octanol–water partition coefficient (Wildman–Crippen LogP) is 5.90. The number of ether oxygens (including phenoxy) is 1. The molecule has 4 aromatic rings. The molecule has 0 saturated carbocycles. The zero-order chi connectivity index (χ0) is 29.9. The van der Waals surface area contributed by atoms with Crippen molar-refractivity contribution in [3.05, 3.63) is 116 Å². The first-order chi connectivity index (χ1) is 19.3. The van der Waals surface area contributed by atoms with Crippen molar-refractivity contribution in [3.63, 3.8) is 0 Å². The number of nitrogens with one attached hydrogen (secondary N) is 2. The lowest BCUT2D eigenvalue weighted by atomic mass is 9.88. The molecule has 218 valence electrons. The average molecular weight is 610 g/mol. The number of aromatic nitrogens is 2. The Morgan fingerprint density at radius 3 is 2.49 bits per heavy atom. The summed E-state index contributed by atoms with van der Waals surface area (Å²) in [4.78, 5) is 11.0. The molecule has 0 spiro atoms. The van der Waals surface area contributed by atoms with Gasteiger partial charge in [0, 0.05) is 16.5 Å². The molecule has 0 amide bonds. The van der Waals surface area contributed by atoms with E-state index in [2.05, 4.69) is 9.82 Å². The zero-order valence-electron chi connectivity index (χ0n) is 22.3. The number of aryl methyl sites for hydroxylation is 1. The summed E-state index contributed by atoms with van der Waals surface area (Å²) >= 11 is 5.99. The van der Waals surface area contributed by atoms with Gasteiger partial charge >= 0.3 is 5.76 Å². The fourth-order valence-electron chi connectivity index (χ4n) is 4.47. The van der Waals surface area contributed by atoms with Crippen molar-refractivity contribution in [3.8, 4) is 0 Å². The van der Waals surface area contributed by atoms with E-state index in [9.17, 15) is 17.6 Å². The van der Waals surface area contributed by atoms with Gasteiger partial charge in [-0.2, -0.15) is 13.5 Å². The first-order valence-electron chi connectivity index (χ1n) is 12.4. The van der Waals surface area contributed by atoms with Crippen LogP contribution in [-0.2, 0) is 27.3 Å². The van der Waals surface area contributed by atoms with Gasteiger partial charge in [-0.25, -0.2) is 22.7 Å². The van der Waals surface area contributed by atoms with Crippen molar-refractivity contribution in [2.75, 3.05) is 6.61 Å². The molecule has 0 bridgehead atoms. The standard InChI is InChI=1S/C28H27ClF3N3O5S/c1-16-9-11-22(30)24(17(16)2)18(3)25(26-33-34-27(36)40-26)35-41(37,38)23-12-10-20(29)13-21(23)28(31,32)15-39-14-19-7-5-4-6-8-19/h4-13,18,25,35H,14-15H2,1-3H3,(H,34,36)/t18?,25-/m0/s1. The molecule has 41 heavy (non-hydrogen) atoms. The SMILES string of the molecule is Cc1ccc(F)c(C(C)[C@H](NS(=O)(=O)c2ccc(Cl)cc2C(F)(F)COCc2ccccc2)c2n[nH]c(=O)o2)c1C. The molecule has 3 aromatic carbocycles. The molecule has 0 aliphatic carbocycles. The van der Waals surface area contributed by atoms with Crippen molar-refractivity contribution < 1.29 is 30.7 Å². The van der Waals surface area contributed by atoms with Crippen LogP contribution < -0.4 is 10.5 Å². The van der Waals surface area contributed by atoms with Crippen molar-refractivity contribution in [2.24, 2.45) is 0 Å². The van der Waals surface area contributed by atoms with Crippen LogP contribution in [0.25, 0.3) is 0 Å². The average Bonchev–Trinajstić information content (AvgIpc) is 3.35. The highest BCUT2D eigenvalue weighted by atomic mass is 35.5. The molecule has 0 aliphatic heterocycles. The number of benzene rings is 3. The molecule has 1 aromatic heterocycles. The van der Waals surface area contributed by atoms with Gasteiger partial charge in [0.25, 0.3) is 5.92 Å². The summed E-state index contributed by atoms with van der Waals surface area (Å²) < 4.78 is 85.9. The van der Waals surface area contributed by atoms with Crippen LogP contribution in [0.5, 0.6) is 0 Å². The van der Waals surface area contributed by atoms with Gasteiger partial charge in [-0.05, 0) is 60.4 Å². The Balaban J connectivity index is 1.71. The molecule has 4 rings (SSSR count). The maximum absolute atomic E-state index is 15.5. The van der Waals surface area contributed by atoms with E-state index < -0.39 is 62.4 Å². The number of rotatable bonds is 11. The highest BCUT2D eigenvalue weighted by Crippen LogP contribution is 2.38. The van der Waals surface area contributed by atoms with E-state index in [4.69, 9.17) is 20.8 Å². The Bertz CT molecular complexity index is 1690. The van der Waals surface area contributed by atoms with Crippen LogP contribution in [0.4, 0.5) is 13.2 Å². The van der Waals surface area contributed by atoms with Crippen LogP contribution in [-0.4, -0.2) is 25.2 Å². The van der Waals surface area contributed by atoms with Crippen LogP contribution in [0, 0.1) is 19.7 Å². The zero-order valence-corrected chi connectivity index (χ0v) is 23.8. The Hall–Kier alpha value is -3.45. The molecule has 0 fully saturated rings. The summed E-state index contributed by atoms with van der Waals surface area (Å²) in [6.45, 7) is 3.65. The van der Waals surface area contributed by atoms with Crippen molar-refractivity contribution in [2.45, 2.75) is 50.2 Å². The third kappa shape index (κ3) is 6.89. The molecule has 0 saturated heterocycles. The van der Waals surface area contributed by atoms with E-state index in [-0.39, 0.29) is 17.2 Å². The number of H-pyrrole nitrogens is 1. The van der Waals surface area contributed by atoms with E-state index in [1.54, 1.807) is 50.2 Å². The number of alkyl halides is 2. The maximum atomic E-state index is 15.5. The van der Waals surface area contributed by atoms with Crippen LogP contribution >= 0.6 is 11.6 Å². The fraction of sp³-hybridized carbons (Fsp3) is 0.286. The van der Waals surface area contributed by atoms with Gasteiger partial charge in [0.15, 0.2) is 0 Å².